The van der Waals surface area contributed by atoms with Gasteiger partial charge in [0.1, 0.15) is 0 Å². The van der Waals surface area contributed by atoms with Gasteiger partial charge in [0.15, 0.2) is 0 Å². The highest BCUT2D eigenvalue weighted by Crippen LogP contribution is 2.21. The Morgan fingerprint density at radius 2 is 1.00 bits per heavy atom. The van der Waals surface area contributed by atoms with E-state index >= 15 is 0 Å². The lowest BCUT2D eigenvalue weighted by molar-refractivity contribution is 0.385. The van der Waals surface area contributed by atoms with Gasteiger partial charge < -0.3 is 0 Å². The second-order valence-corrected chi connectivity index (χ2v) is 6.37. The van der Waals surface area contributed by atoms with Crippen LogP contribution in [-0.4, -0.2) is 0 Å². The molecule has 0 aliphatic carbocycles. The molecule has 0 aromatic rings. The molecule has 3 atom stereocenters. The van der Waals surface area contributed by atoms with Gasteiger partial charge in [-0.05, 0) is 17.8 Å². The van der Waals surface area contributed by atoms with Crippen LogP contribution in [0, 0.1) is 17.8 Å². The lowest BCUT2D eigenvalue weighted by atomic mass is 9.92. The molecule has 0 rings (SSSR count). The Kier molecular flexibility index (Phi) is 11.1. The third-order valence-corrected chi connectivity index (χ3v) is 4.27. The molecule has 0 aromatic carbocycles. The average molecular weight is 240 g/mol. The molecule has 0 aliphatic heterocycles. The van der Waals surface area contributed by atoms with Crippen LogP contribution in [0.1, 0.15) is 92.4 Å². The highest BCUT2D eigenvalue weighted by atomic mass is 14.1. The molecule has 0 N–H and O–H groups in total. The Morgan fingerprint density at radius 3 is 1.41 bits per heavy atom. The lowest BCUT2D eigenvalue weighted by Crippen LogP contribution is -2.00. The maximum absolute atomic E-state index is 2.45. The summed E-state index contributed by atoms with van der Waals surface area (Å²) in [5, 5.41) is 0. The van der Waals surface area contributed by atoms with E-state index in [9.17, 15) is 0 Å². The standard InChI is InChI=1S/C17H36/c1-6-10-16(4)12-9-14-17(5)13-8-11-15(3)7-2/h15-17H,6-14H2,1-5H3/t15-,16-,17-/m0/s1. The van der Waals surface area contributed by atoms with Crippen LogP contribution in [0.25, 0.3) is 0 Å². The van der Waals surface area contributed by atoms with Gasteiger partial charge in [0, 0.05) is 0 Å². The molecule has 0 radical (unpaired) electrons. The first-order chi connectivity index (χ1) is 8.10. The molecule has 0 bridgehead atoms. The second-order valence-electron chi connectivity index (χ2n) is 6.37. The van der Waals surface area contributed by atoms with Gasteiger partial charge in [0.25, 0.3) is 0 Å². The molecule has 0 saturated heterocycles. The number of rotatable bonds is 11. The monoisotopic (exact) mass is 240 g/mol. The first-order valence-corrected chi connectivity index (χ1v) is 8.10. The minimum absolute atomic E-state index is 0.937. The molecule has 0 aromatic heterocycles. The maximum atomic E-state index is 2.45. The molecule has 104 valence electrons. The summed E-state index contributed by atoms with van der Waals surface area (Å²) in [5.74, 6) is 2.84. The van der Waals surface area contributed by atoms with Crippen LogP contribution in [0.15, 0.2) is 0 Å². The zero-order chi connectivity index (χ0) is 13.1. The zero-order valence-electron chi connectivity index (χ0n) is 13.1. The van der Waals surface area contributed by atoms with Gasteiger partial charge in [-0.3, -0.25) is 0 Å². The summed E-state index contributed by atoms with van der Waals surface area (Å²) in [6.07, 6.45) is 12.8. The molecular formula is C17H36. The first-order valence-electron chi connectivity index (χ1n) is 8.10. The molecular weight excluding hydrogens is 204 g/mol. The third-order valence-electron chi connectivity index (χ3n) is 4.27. The largest absolute Gasteiger partial charge is 0.0654 e. The number of hydrogen-bond acceptors (Lipinski definition) is 0. The molecule has 0 heteroatoms. The SMILES string of the molecule is CCC[C@H](C)CCC[C@@H](C)CCC[C@@H](C)CC. The average Bonchev–Trinajstić information content (AvgIpc) is 2.29. The third kappa shape index (κ3) is 10.9. The van der Waals surface area contributed by atoms with Gasteiger partial charge in [-0.15, -0.1) is 0 Å². The van der Waals surface area contributed by atoms with Gasteiger partial charge in [0.05, 0.1) is 0 Å². The summed E-state index contributed by atoms with van der Waals surface area (Å²) < 4.78 is 0. The van der Waals surface area contributed by atoms with Crippen molar-refractivity contribution < 1.29 is 0 Å². The Bertz CT molecular complexity index is 150. The molecule has 0 spiro atoms. The summed E-state index contributed by atoms with van der Waals surface area (Å²) in [5.41, 5.74) is 0. The summed E-state index contributed by atoms with van der Waals surface area (Å²) in [6.45, 7) is 11.9. The lowest BCUT2D eigenvalue weighted by Gasteiger charge is -2.15. The van der Waals surface area contributed by atoms with Crippen molar-refractivity contribution in [3.05, 3.63) is 0 Å². The Hall–Kier alpha value is 0. The Labute approximate surface area is 111 Å². The van der Waals surface area contributed by atoms with Crippen LogP contribution < -0.4 is 0 Å². The molecule has 0 saturated carbocycles. The van der Waals surface area contributed by atoms with E-state index in [0.717, 1.165) is 17.8 Å². The van der Waals surface area contributed by atoms with E-state index in [1.807, 2.05) is 0 Å². The maximum Gasteiger partial charge on any atom is -0.0443 e. The molecule has 0 heterocycles. The van der Waals surface area contributed by atoms with Gasteiger partial charge in [0.2, 0.25) is 0 Å². The van der Waals surface area contributed by atoms with Gasteiger partial charge in [-0.25, -0.2) is 0 Å². The van der Waals surface area contributed by atoms with Gasteiger partial charge in [-0.1, -0.05) is 92.4 Å². The van der Waals surface area contributed by atoms with E-state index in [1.54, 1.807) is 0 Å². The molecule has 0 fully saturated rings. The van der Waals surface area contributed by atoms with E-state index in [0.29, 0.717) is 0 Å². The fourth-order valence-corrected chi connectivity index (χ4v) is 2.62. The van der Waals surface area contributed by atoms with Crippen LogP contribution >= 0.6 is 0 Å². The van der Waals surface area contributed by atoms with Crippen molar-refractivity contribution in [1.29, 1.82) is 0 Å². The number of hydrogen-bond donors (Lipinski definition) is 0. The topological polar surface area (TPSA) is 0 Å². The van der Waals surface area contributed by atoms with Gasteiger partial charge in [-0.2, -0.15) is 0 Å². The predicted molar refractivity (Wildman–Crippen MR) is 80.4 cm³/mol. The van der Waals surface area contributed by atoms with Crippen LogP contribution in [0.5, 0.6) is 0 Å². The van der Waals surface area contributed by atoms with Crippen LogP contribution in [0.4, 0.5) is 0 Å². The Balaban J connectivity index is 3.37. The fourth-order valence-electron chi connectivity index (χ4n) is 2.62. The van der Waals surface area contributed by atoms with Crippen molar-refractivity contribution in [3.63, 3.8) is 0 Å². The molecule has 0 aliphatic rings. The molecule has 0 nitrogen and oxygen atoms in total. The summed E-state index contributed by atoms with van der Waals surface area (Å²) in [4.78, 5) is 0. The van der Waals surface area contributed by atoms with Crippen molar-refractivity contribution in [3.8, 4) is 0 Å². The quantitative estimate of drug-likeness (QED) is 0.389. The van der Waals surface area contributed by atoms with E-state index < -0.39 is 0 Å². The van der Waals surface area contributed by atoms with E-state index in [2.05, 4.69) is 34.6 Å². The van der Waals surface area contributed by atoms with Crippen LogP contribution in [0.2, 0.25) is 0 Å². The highest BCUT2D eigenvalue weighted by Gasteiger charge is 2.06. The summed E-state index contributed by atoms with van der Waals surface area (Å²) in [6, 6.07) is 0. The van der Waals surface area contributed by atoms with E-state index in [4.69, 9.17) is 0 Å². The summed E-state index contributed by atoms with van der Waals surface area (Å²) in [7, 11) is 0. The second kappa shape index (κ2) is 11.1. The predicted octanol–water partition coefficient (Wildman–Crippen LogP) is 6.45. The van der Waals surface area contributed by atoms with Crippen molar-refractivity contribution >= 4 is 0 Å². The minimum atomic E-state index is 0.937. The van der Waals surface area contributed by atoms with Crippen molar-refractivity contribution in [1.82, 2.24) is 0 Å². The smallest absolute Gasteiger partial charge is 0.0443 e. The minimum Gasteiger partial charge on any atom is -0.0654 e. The molecule has 17 heavy (non-hydrogen) atoms. The van der Waals surface area contributed by atoms with Crippen LogP contribution in [-0.2, 0) is 0 Å². The van der Waals surface area contributed by atoms with Gasteiger partial charge >= 0.3 is 0 Å². The van der Waals surface area contributed by atoms with E-state index in [-0.39, 0.29) is 0 Å². The summed E-state index contributed by atoms with van der Waals surface area (Å²) >= 11 is 0. The Morgan fingerprint density at radius 1 is 0.588 bits per heavy atom. The van der Waals surface area contributed by atoms with Crippen molar-refractivity contribution in [2.75, 3.05) is 0 Å². The van der Waals surface area contributed by atoms with Crippen LogP contribution in [0.3, 0.4) is 0 Å². The van der Waals surface area contributed by atoms with Crippen molar-refractivity contribution in [2.45, 2.75) is 92.4 Å². The zero-order valence-corrected chi connectivity index (χ0v) is 13.1. The highest BCUT2D eigenvalue weighted by molar-refractivity contribution is 4.59. The normalized spacial score (nSPS) is 16.8. The van der Waals surface area contributed by atoms with E-state index in [1.165, 1.54) is 57.8 Å². The first kappa shape index (κ1) is 17.0. The molecule has 0 amide bonds. The fraction of sp³-hybridized carbons (Fsp3) is 1.00. The van der Waals surface area contributed by atoms with Crippen molar-refractivity contribution in [2.24, 2.45) is 17.8 Å². The molecule has 0 unspecified atom stereocenters.